The molecule has 180 valence electrons. The van der Waals surface area contributed by atoms with Gasteiger partial charge in [-0.1, -0.05) is 35.9 Å². The average Bonchev–Trinajstić information content (AvgIpc) is 2.77. The van der Waals surface area contributed by atoms with Crippen molar-refractivity contribution in [2.45, 2.75) is 29.7 Å². The van der Waals surface area contributed by atoms with Gasteiger partial charge in [0.05, 0.1) is 21.5 Å². The van der Waals surface area contributed by atoms with Gasteiger partial charge in [-0.15, -0.1) is 0 Å². The van der Waals surface area contributed by atoms with E-state index in [9.17, 15) is 21.6 Å². The highest BCUT2D eigenvalue weighted by atomic mass is 35.5. The lowest BCUT2D eigenvalue weighted by Crippen LogP contribution is -2.41. The van der Waals surface area contributed by atoms with E-state index in [1.54, 1.807) is 37.3 Å². The number of benzene rings is 3. The minimum atomic E-state index is -4.06. The van der Waals surface area contributed by atoms with Gasteiger partial charge in [0, 0.05) is 11.3 Å². The molecule has 1 N–H and O–H groups in total. The molecule has 3 aromatic rings. The van der Waals surface area contributed by atoms with Crippen molar-refractivity contribution in [2.24, 2.45) is 0 Å². The molecule has 0 aliphatic carbocycles. The lowest BCUT2D eigenvalue weighted by molar-refractivity contribution is -0.120. The zero-order valence-electron chi connectivity index (χ0n) is 18.9. The molecule has 34 heavy (non-hydrogen) atoms. The zero-order valence-corrected chi connectivity index (χ0v) is 21.3. The highest BCUT2D eigenvalue weighted by Gasteiger charge is 2.28. The number of sulfone groups is 1. The first-order valence-electron chi connectivity index (χ1n) is 10.3. The third-order valence-corrected chi connectivity index (χ3v) is 8.33. The van der Waals surface area contributed by atoms with Crippen molar-refractivity contribution >= 4 is 43.1 Å². The number of halogens is 1. The molecule has 0 fully saturated rings. The van der Waals surface area contributed by atoms with E-state index in [2.05, 4.69) is 5.32 Å². The molecule has 1 atom stereocenters. The van der Waals surface area contributed by atoms with E-state index in [-0.39, 0.29) is 9.79 Å². The van der Waals surface area contributed by atoms with Gasteiger partial charge in [-0.05, 0) is 73.5 Å². The molecular weight excluding hydrogens is 496 g/mol. The van der Waals surface area contributed by atoms with E-state index in [1.807, 2.05) is 13.0 Å². The Hall–Kier alpha value is -2.88. The molecule has 0 aromatic heterocycles. The van der Waals surface area contributed by atoms with E-state index in [0.717, 1.165) is 16.1 Å². The molecule has 0 aliphatic heterocycles. The van der Waals surface area contributed by atoms with Crippen molar-refractivity contribution in [2.75, 3.05) is 17.1 Å². The van der Waals surface area contributed by atoms with Crippen molar-refractivity contribution in [3.05, 3.63) is 88.9 Å². The molecule has 7 nitrogen and oxygen atoms in total. The second-order valence-corrected chi connectivity index (χ2v) is 12.2. The summed E-state index contributed by atoms with van der Waals surface area (Å²) in [5.74, 6) is -0.515. The molecule has 0 saturated heterocycles. The molecule has 3 aromatic carbocycles. The molecule has 0 unspecified atom stereocenters. The summed E-state index contributed by atoms with van der Waals surface area (Å²) in [5.41, 5.74) is 1.88. The van der Waals surface area contributed by atoms with Gasteiger partial charge in [0.15, 0.2) is 9.84 Å². The van der Waals surface area contributed by atoms with E-state index in [4.69, 9.17) is 11.6 Å². The van der Waals surface area contributed by atoms with Crippen LogP contribution in [0.15, 0.2) is 82.6 Å². The van der Waals surface area contributed by atoms with E-state index < -0.39 is 38.4 Å². The minimum Gasteiger partial charge on any atom is -0.348 e. The number of nitrogens with one attached hydrogen (secondary N) is 1. The third-order valence-electron chi connectivity index (χ3n) is 5.16. The third kappa shape index (κ3) is 6.16. The van der Waals surface area contributed by atoms with Crippen molar-refractivity contribution in [3.63, 3.8) is 0 Å². The van der Waals surface area contributed by atoms with Gasteiger partial charge < -0.3 is 5.32 Å². The summed E-state index contributed by atoms with van der Waals surface area (Å²) in [7, 11) is -7.39. The molecule has 0 spiro atoms. The maximum Gasteiger partial charge on any atom is 0.264 e. The van der Waals surface area contributed by atoms with Crippen LogP contribution < -0.4 is 9.62 Å². The molecule has 1 amide bonds. The van der Waals surface area contributed by atoms with E-state index in [0.29, 0.717) is 16.3 Å². The van der Waals surface area contributed by atoms with Gasteiger partial charge in [-0.3, -0.25) is 9.10 Å². The Balaban J connectivity index is 1.86. The maximum atomic E-state index is 13.4. The van der Waals surface area contributed by atoms with E-state index in [1.165, 1.54) is 36.4 Å². The number of amides is 1. The summed E-state index contributed by atoms with van der Waals surface area (Å²) in [6.45, 7) is 3.12. The standard InChI is InChI=1S/C24H25ClN2O5S2/c1-17-5-4-6-21(15-17)27(34(31,32)23-13-9-20(25)10-14-23)16-24(28)26-18(2)19-7-11-22(12-8-19)33(3,29)30/h4-15,18H,16H2,1-3H3,(H,26,28)/t18-/m0/s1. The molecular formula is C24H25ClN2O5S2. The number of sulfonamides is 1. The van der Waals surface area contributed by atoms with Crippen molar-refractivity contribution in [1.29, 1.82) is 0 Å². The number of aryl methyl sites for hydroxylation is 1. The lowest BCUT2D eigenvalue weighted by atomic mass is 10.1. The predicted molar refractivity (Wildman–Crippen MR) is 133 cm³/mol. The monoisotopic (exact) mass is 520 g/mol. The van der Waals surface area contributed by atoms with Crippen molar-refractivity contribution in [3.8, 4) is 0 Å². The smallest absolute Gasteiger partial charge is 0.264 e. The van der Waals surface area contributed by atoms with Crippen LogP contribution in [0, 0.1) is 6.92 Å². The zero-order chi connectivity index (χ0) is 25.1. The van der Waals surface area contributed by atoms with E-state index >= 15 is 0 Å². The second-order valence-electron chi connectivity index (χ2n) is 7.94. The van der Waals surface area contributed by atoms with Crippen LogP contribution >= 0.6 is 11.6 Å². The summed E-state index contributed by atoms with van der Waals surface area (Å²) >= 11 is 5.91. The Morgan fingerprint density at radius 1 is 0.941 bits per heavy atom. The summed E-state index contributed by atoms with van der Waals surface area (Å²) in [5, 5.41) is 3.18. The fraction of sp³-hybridized carbons (Fsp3) is 0.208. The second kappa shape index (κ2) is 10.2. The summed E-state index contributed by atoms with van der Waals surface area (Å²) in [6.07, 6.45) is 1.12. The van der Waals surface area contributed by atoms with Crippen LogP contribution in [0.5, 0.6) is 0 Å². The number of rotatable bonds is 8. The molecule has 0 saturated carbocycles. The Morgan fingerprint density at radius 3 is 2.09 bits per heavy atom. The van der Waals surface area contributed by atoms with Crippen LogP contribution in [-0.2, 0) is 24.7 Å². The van der Waals surface area contributed by atoms with Gasteiger partial charge in [0.1, 0.15) is 6.54 Å². The number of carbonyl (C=O) groups excluding carboxylic acids is 1. The van der Waals surface area contributed by atoms with Gasteiger partial charge in [0.25, 0.3) is 10.0 Å². The molecule has 0 bridgehead atoms. The topological polar surface area (TPSA) is 101 Å². The van der Waals surface area contributed by atoms with Crippen molar-refractivity contribution < 1.29 is 21.6 Å². The van der Waals surface area contributed by atoms with Crippen LogP contribution in [0.25, 0.3) is 0 Å². The van der Waals surface area contributed by atoms with Gasteiger partial charge in [0.2, 0.25) is 5.91 Å². The fourth-order valence-corrected chi connectivity index (χ4v) is 5.51. The first-order chi connectivity index (χ1) is 15.9. The number of anilines is 1. The highest BCUT2D eigenvalue weighted by Crippen LogP contribution is 2.26. The molecule has 0 aliphatic rings. The SMILES string of the molecule is Cc1cccc(N(CC(=O)N[C@@H](C)c2ccc(S(C)(=O)=O)cc2)S(=O)(=O)c2ccc(Cl)cc2)c1. The van der Waals surface area contributed by atoms with Crippen molar-refractivity contribution in [1.82, 2.24) is 5.32 Å². The van der Waals surface area contributed by atoms with Gasteiger partial charge in [-0.2, -0.15) is 0 Å². The van der Waals surface area contributed by atoms with Gasteiger partial charge in [-0.25, -0.2) is 16.8 Å². The number of carbonyl (C=O) groups is 1. The Bertz CT molecular complexity index is 1390. The Morgan fingerprint density at radius 2 is 1.53 bits per heavy atom. The summed E-state index contributed by atoms with van der Waals surface area (Å²) < 4.78 is 51.2. The van der Waals surface area contributed by atoms with Crippen LogP contribution in [0.3, 0.4) is 0 Å². The average molecular weight is 521 g/mol. The first kappa shape index (κ1) is 25.7. The normalized spacial score (nSPS) is 12.7. The largest absolute Gasteiger partial charge is 0.348 e. The predicted octanol–water partition coefficient (Wildman–Crippen LogP) is 4.12. The minimum absolute atomic E-state index is 0.00983. The summed E-state index contributed by atoms with van der Waals surface area (Å²) in [4.78, 5) is 13.1. The summed E-state index contributed by atoms with van der Waals surface area (Å²) in [6, 6.07) is 18.3. The molecule has 0 radical (unpaired) electrons. The highest BCUT2D eigenvalue weighted by molar-refractivity contribution is 7.93. The number of nitrogens with zero attached hydrogens (tertiary/aromatic N) is 1. The fourth-order valence-electron chi connectivity index (χ4n) is 3.34. The van der Waals surface area contributed by atoms with Crippen LogP contribution in [-0.4, -0.2) is 35.5 Å². The number of hydrogen-bond donors (Lipinski definition) is 1. The number of hydrogen-bond acceptors (Lipinski definition) is 5. The first-order valence-corrected chi connectivity index (χ1v) is 14.0. The quantitative estimate of drug-likeness (QED) is 0.481. The Labute approximate surface area is 205 Å². The van der Waals surface area contributed by atoms with Gasteiger partial charge >= 0.3 is 0 Å². The lowest BCUT2D eigenvalue weighted by Gasteiger charge is -2.25. The Kier molecular flexibility index (Phi) is 7.70. The molecule has 3 rings (SSSR count). The molecule has 10 heteroatoms. The van der Waals surface area contributed by atoms with Crippen LogP contribution in [0.1, 0.15) is 24.1 Å². The maximum absolute atomic E-state index is 13.4. The molecule has 0 heterocycles. The van der Waals surface area contributed by atoms with Crippen LogP contribution in [0.2, 0.25) is 5.02 Å². The van der Waals surface area contributed by atoms with Crippen LogP contribution in [0.4, 0.5) is 5.69 Å².